The van der Waals surface area contributed by atoms with Gasteiger partial charge in [-0.15, -0.1) is 11.8 Å². The van der Waals surface area contributed by atoms with Crippen molar-refractivity contribution >= 4 is 29.3 Å². The molecule has 0 saturated carbocycles. The number of carboxylic acids is 1. The van der Waals surface area contributed by atoms with Gasteiger partial charge in [-0.25, -0.2) is 0 Å². The monoisotopic (exact) mass is 320 g/mol. The minimum Gasteiger partial charge on any atom is -0.543 e. The van der Waals surface area contributed by atoms with Gasteiger partial charge < -0.3 is 21.4 Å². The molecule has 0 aromatic carbocycles. The topological polar surface area (TPSA) is 116 Å². The normalized spacial score (nSPS) is 24.1. The van der Waals surface area contributed by atoms with Crippen LogP contribution in [0.15, 0.2) is 29.6 Å². The molecule has 1 amide bonds. The van der Waals surface area contributed by atoms with Crippen LogP contribution in [0.25, 0.3) is 0 Å². The summed E-state index contributed by atoms with van der Waals surface area (Å²) in [4.78, 5) is 24.6. The summed E-state index contributed by atoms with van der Waals surface area (Å²) in [5.74, 6) is -1.22. The van der Waals surface area contributed by atoms with Crippen LogP contribution in [0, 0.1) is 6.92 Å². The highest BCUT2D eigenvalue weighted by Crippen LogP contribution is 2.39. The molecule has 116 valence electrons. The van der Waals surface area contributed by atoms with Gasteiger partial charge in [-0.05, 0) is 6.07 Å². The molecular formula is C14H16N4O3S. The van der Waals surface area contributed by atoms with Crippen molar-refractivity contribution in [2.75, 3.05) is 11.5 Å². The van der Waals surface area contributed by atoms with Gasteiger partial charge >= 0.3 is 0 Å². The van der Waals surface area contributed by atoms with E-state index < -0.39 is 12.0 Å². The highest BCUT2D eigenvalue weighted by atomic mass is 32.2. The van der Waals surface area contributed by atoms with E-state index in [1.165, 1.54) is 16.7 Å². The number of carbonyl (C=O) groups is 2. The van der Waals surface area contributed by atoms with Gasteiger partial charge in [0.2, 0.25) is 11.6 Å². The highest BCUT2D eigenvalue weighted by Gasteiger charge is 2.50. The third-order valence-corrected chi connectivity index (χ3v) is 5.39. The number of anilines is 1. The van der Waals surface area contributed by atoms with Crippen molar-refractivity contribution in [3.8, 4) is 0 Å². The van der Waals surface area contributed by atoms with E-state index in [1.807, 2.05) is 17.7 Å². The smallest absolute Gasteiger partial charge is 0.248 e. The molecule has 1 aromatic heterocycles. The summed E-state index contributed by atoms with van der Waals surface area (Å²) < 4.78 is 1.86. The van der Waals surface area contributed by atoms with Gasteiger partial charge in [-0.2, -0.15) is 4.57 Å². The second-order valence-corrected chi connectivity index (χ2v) is 6.46. The molecule has 8 heteroatoms. The van der Waals surface area contributed by atoms with Crippen LogP contribution < -0.4 is 21.1 Å². The standard InChI is InChI=1S/C14H16N4O3S/c1-7-9(15)3-2-4-17(7)5-8-6-22-13-10(16)12(19)18(13)11(8)14(20)21/h2-4,10,13H,5-6,15-16H2,1H3/t10-,13+/m1/s1. The van der Waals surface area contributed by atoms with Crippen molar-refractivity contribution in [2.24, 2.45) is 5.73 Å². The lowest BCUT2D eigenvalue weighted by molar-refractivity contribution is -0.694. The molecule has 2 aliphatic heterocycles. The van der Waals surface area contributed by atoms with Gasteiger partial charge in [0.1, 0.15) is 11.4 Å². The zero-order valence-corrected chi connectivity index (χ0v) is 12.8. The summed E-state index contributed by atoms with van der Waals surface area (Å²) in [6.45, 7) is 2.21. The molecule has 2 aliphatic rings. The largest absolute Gasteiger partial charge is 0.543 e. The predicted octanol–water partition coefficient (Wildman–Crippen LogP) is -1.89. The Morgan fingerprint density at radius 1 is 1.59 bits per heavy atom. The van der Waals surface area contributed by atoms with Crippen LogP contribution in [0.4, 0.5) is 5.69 Å². The Hall–Kier alpha value is -2.06. The molecule has 1 saturated heterocycles. The number of hydrogen-bond donors (Lipinski definition) is 2. The van der Waals surface area contributed by atoms with Crippen LogP contribution in [0.1, 0.15) is 5.69 Å². The van der Waals surface area contributed by atoms with E-state index in [0.717, 1.165) is 5.69 Å². The van der Waals surface area contributed by atoms with Crippen molar-refractivity contribution in [1.82, 2.24) is 4.90 Å². The molecule has 1 aromatic rings. The first-order chi connectivity index (χ1) is 10.4. The molecule has 4 N–H and O–H groups in total. The van der Waals surface area contributed by atoms with Gasteiger partial charge in [0.15, 0.2) is 12.7 Å². The molecule has 0 radical (unpaired) electrons. The molecular weight excluding hydrogens is 304 g/mol. The van der Waals surface area contributed by atoms with E-state index in [4.69, 9.17) is 11.5 Å². The van der Waals surface area contributed by atoms with Crippen molar-refractivity contribution in [2.45, 2.75) is 24.9 Å². The van der Waals surface area contributed by atoms with Crippen molar-refractivity contribution in [3.05, 3.63) is 35.3 Å². The summed E-state index contributed by atoms with van der Waals surface area (Å²) in [5, 5.41) is 11.2. The predicted molar refractivity (Wildman–Crippen MR) is 78.9 cm³/mol. The number of nitrogens with zero attached hydrogens (tertiary/aromatic N) is 2. The number of hydrogen-bond acceptors (Lipinski definition) is 6. The summed E-state index contributed by atoms with van der Waals surface area (Å²) in [7, 11) is 0. The van der Waals surface area contributed by atoms with Crippen LogP contribution in [-0.4, -0.2) is 33.9 Å². The molecule has 0 unspecified atom stereocenters. The summed E-state index contributed by atoms with van der Waals surface area (Å²) in [5.41, 5.74) is 13.6. The van der Waals surface area contributed by atoms with Gasteiger partial charge in [0, 0.05) is 24.3 Å². The number of aliphatic carboxylic acids is 1. The van der Waals surface area contributed by atoms with Crippen LogP contribution >= 0.6 is 11.8 Å². The Labute approximate surface area is 131 Å². The maximum Gasteiger partial charge on any atom is 0.248 e. The Morgan fingerprint density at radius 3 is 3.00 bits per heavy atom. The second kappa shape index (κ2) is 5.29. The Bertz CT molecular complexity index is 703. The molecule has 0 aliphatic carbocycles. The third-order valence-electron chi connectivity index (χ3n) is 4.03. The Morgan fingerprint density at radius 2 is 2.32 bits per heavy atom. The number of fused-ring (bicyclic) bond motifs is 1. The molecule has 0 bridgehead atoms. The van der Waals surface area contributed by atoms with Gasteiger partial charge in [-0.3, -0.25) is 9.69 Å². The minimum atomic E-state index is -1.34. The fraction of sp³-hybridized carbons (Fsp3) is 0.357. The average Bonchev–Trinajstić information content (AvgIpc) is 2.50. The molecule has 3 heterocycles. The number of carbonyl (C=O) groups excluding carboxylic acids is 2. The number of carboxylic acid groups (broad SMARTS) is 1. The van der Waals surface area contributed by atoms with Crippen molar-refractivity contribution in [3.63, 3.8) is 0 Å². The van der Waals surface area contributed by atoms with Crippen molar-refractivity contribution < 1.29 is 19.3 Å². The van der Waals surface area contributed by atoms with Crippen LogP contribution in [0.2, 0.25) is 0 Å². The first kappa shape index (κ1) is 14.9. The second-order valence-electron chi connectivity index (χ2n) is 5.35. The molecule has 22 heavy (non-hydrogen) atoms. The SMILES string of the molecule is Cc1c(N)ccc[n+]1CC1=C(C(=O)[O-])N2C(=O)[C@@H](N)[C@@H]2SC1. The lowest BCUT2D eigenvalue weighted by Gasteiger charge is -2.49. The maximum atomic E-state index is 11.9. The first-order valence-electron chi connectivity index (χ1n) is 6.80. The van der Waals surface area contributed by atoms with E-state index in [1.54, 1.807) is 12.1 Å². The zero-order valence-electron chi connectivity index (χ0n) is 12.0. The third kappa shape index (κ3) is 2.15. The summed E-state index contributed by atoms with van der Waals surface area (Å²) in [6.07, 6.45) is 1.83. The number of pyridine rings is 1. The fourth-order valence-electron chi connectivity index (χ4n) is 2.72. The molecule has 3 rings (SSSR count). The van der Waals surface area contributed by atoms with E-state index >= 15 is 0 Å². The van der Waals surface area contributed by atoms with E-state index in [2.05, 4.69) is 0 Å². The van der Waals surface area contributed by atoms with Gasteiger partial charge in [-0.1, -0.05) is 0 Å². The number of nitrogen functional groups attached to an aromatic ring is 1. The quantitative estimate of drug-likeness (QED) is 0.497. The number of aromatic nitrogens is 1. The van der Waals surface area contributed by atoms with Crippen LogP contribution in [-0.2, 0) is 16.1 Å². The van der Waals surface area contributed by atoms with Crippen LogP contribution in [0.3, 0.4) is 0 Å². The molecule has 1 fully saturated rings. The highest BCUT2D eigenvalue weighted by molar-refractivity contribution is 8.00. The fourth-order valence-corrected chi connectivity index (χ4v) is 4.00. The number of rotatable bonds is 3. The molecule has 2 atom stereocenters. The summed E-state index contributed by atoms with van der Waals surface area (Å²) in [6, 6.07) is 2.94. The average molecular weight is 320 g/mol. The first-order valence-corrected chi connectivity index (χ1v) is 7.85. The van der Waals surface area contributed by atoms with E-state index in [9.17, 15) is 14.7 Å². The van der Waals surface area contributed by atoms with Gasteiger partial charge in [0.25, 0.3) is 0 Å². The number of amides is 1. The Kier molecular flexibility index (Phi) is 3.57. The van der Waals surface area contributed by atoms with Crippen LogP contribution in [0.5, 0.6) is 0 Å². The maximum absolute atomic E-state index is 11.9. The molecule has 0 spiro atoms. The Balaban J connectivity index is 1.98. The summed E-state index contributed by atoms with van der Waals surface area (Å²) >= 11 is 1.47. The lowest BCUT2D eigenvalue weighted by Crippen LogP contribution is -2.69. The number of nitrogens with two attached hydrogens (primary N) is 2. The number of β-lactam (4-membered cyclic amide) rings is 1. The zero-order chi connectivity index (χ0) is 16.0. The lowest BCUT2D eigenvalue weighted by atomic mass is 10.0. The van der Waals surface area contributed by atoms with Gasteiger partial charge in [0.05, 0.1) is 17.4 Å². The van der Waals surface area contributed by atoms with E-state index in [0.29, 0.717) is 23.6 Å². The minimum absolute atomic E-state index is 0.0511. The van der Waals surface area contributed by atoms with Crippen molar-refractivity contribution in [1.29, 1.82) is 0 Å². The number of thioether (sulfide) groups is 1. The molecule has 7 nitrogen and oxygen atoms in total. The van der Waals surface area contributed by atoms with E-state index in [-0.39, 0.29) is 17.0 Å².